The van der Waals surface area contributed by atoms with Crippen LogP contribution in [0.3, 0.4) is 0 Å². The van der Waals surface area contributed by atoms with Crippen LogP contribution in [0.15, 0.2) is 47.9 Å². The van der Waals surface area contributed by atoms with Gasteiger partial charge in [-0.05, 0) is 38.8 Å². The number of carboxylic acids is 1. The fraction of sp³-hybridized carbons (Fsp3) is 0.458. The highest BCUT2D eigenvalue weighted by Gasteiger charge is 2.51. The molecule has 1 fully saturated rings. The van der Waals surface area contributed by atoms with Crippen LogP contribution in [0.2, 0.25) is 0 Å². The number of carboxylic acid groups (broad SMARTS) is 1. The number of β-lactam (4-membered cyclic amide) rings is 1. The maximum absolute atomic E-state index is 12.3. The molecule has 1 saturated heterocycles. The Labute approximate surface area is 213 Å². The number of rotatable bonds is 9. The van der Waals surface area contributed by atoms with Crippen LogP contribution in [0.4, 0.5) is 4.79 Å². The number of aromatic nitrogens is 1. The first-order valence-electron chi connectivity index (χ1n) is 11.6. The number of nitrogens with one attached hydrogen (secondary N) is 2. The van der Waals surface area contributed by atoms with E-state index < -0.39 is 23.7 Å². The monoisotopic (exact) mass is 518 g/mol. The number of alkyl carbamates (subject to hydrolysis) is 1. The number of hydrogen-bond donors (Lipinski definition) is 4. The van der Waals surface area contributed by atoms with Crippen molar-refractivity contribution in [3.63, 3.8) is 0 Å². The van der Waals surface area contributed by atoms with E-state index in [0.29, 0.717) is 42.9 Å². The third kappa shape index (κ3) is 6.85. The molecule has 2 atom stereocenters. The number of nitrogens with two attached hydrogens (primary N) is 1. The molecule has 194 valence electrons. The predicted molar refractivity (Wildman–Crippen MR) is 133 cm³/mol. The molecule has 1 aromatic heterocycles. The summed E-state index contributed by atoms with van der Waals surface area (Å²) < 4.78 is 6.99. The van der Waals surface area contributed by atoms with Crippen LogP contribution in [0.5, 0.6) is 0 Å². The average Bonchev–Trinajstić information content (AvgIpc) is 2.81. The summed E-state index contributed by atoms with van der Waals surface area (Å²) in [6.45, 7) is 6.60. The van der Waals surface area contributed by atoms with Crippen molar-refractivity contribution >= 4 is 35.6 Å². The van der Waals surface area contributed by atoms with Gasteiger partial charge in [0.25, 0.3) is 5.91 Å². The number of carbonyl (C=O) groups excluding carboxylic acids is 3. The highest BCUT2D eigenvalue weighted by molar-refractivity contribution is 8.00. The van der Waals surface area contributed by atoms with Gasteiger partial charge in [0.15, 0.2) is 18.9 Å². The lowest BCUT2D eigenvalue weighted by molar-refractivity contribution is -0.687. The Morgan fingerprint density at radius 2 is 1.92 bits per heavy atom. The SMILES string of the molecule is CC(C)(C)OC(=O)NCCCNC(=O)c1cc[n+](C/C=C/C2=C(C(=O)O)N3C(=O)[C@@H](N)[C@H]3SC2)cc1. The van der Waals surface area contributed by atoms with Crippen molar-refractivity contribution < 1.29 is 33.6 Å². The van der Waals surface area contributed by atoms with Crippen LogP contribution in [0.1, 0.15) is 37.6 Å². The first-order valence-corrected chi connectivity index (χ1v) is 12.6. The van der Waals surface area contributed by atoms with Crippen LogP contribution in [-0.4, -0.2) is 69.7 Å². The van der Waals surface area contributed by atoms with Gasteiger partial charge in [-0.2, -0.15) is 0 Å². The minimum absolute atomic E-state index is 0.0139. The van der Waals surface area contributed by atoms with E-state index in [2.05, 4.69) is 10.6 Å². The molecule has 3 heterocycles. The second-order valence-corrected chi connectivity index (χ2v) is 10.4. The van der Waals surface area contributed by atoms with Crippen LogP contribution < -0.4 is 20.9 Å². The highest BCUT2D eigenvalue weighted by Crippen LogP contribution is 2.39. The van der Waals surface area contributed by atoms with Gasteiger partial charge in [0.05, 0.1) is 5.56 Å². The van der Waals surface area contributed by atoms with Crippen molar-refractivity contribution in [3.05, 3.63) is 53.5 Å². The van der Waals surface area contributed by atoms with Gasteiger partial charge >= 0.3 is 12.1 Å². The smallest absolute Gasteiger partial charge is 0.407 e. The molecule has 2 aliphatic rings. The van der Waals surface area contributed by atoms with E-state index in [1.54, 1.807) is 57.4 Å². The molecule has 36 heavy (non-hydrogen) atoms. The molecule has 0 aromatic carbocycles. The summed E-state index contributed by atoms with van der Waals surface area (Å²) in [5.41, 5.74) is 6.25. The molecule has 1 aromatic rings. The molecular weight excluding hydrogens is 486 g/mol. The van der Waals surface area contributed by atoms with Crippen molar-refractivity contribution in [3.8, 4) is 0 Å². The van der Waals surface area contributed by atoms with Crippen LogP contribution >= 0.6 is 11.8 Å². The van der Waals surface area contributed by atoms with Gasteiger partial charge < -0.3 is 26.2 Å². The van der Waals surface area contributed by atoms with E-state index in [1.807, 2.05) is 4.57 Å². The summed E-state index contributed by atoms with van der Waals surface area (Å²) in [6, 6.07) is 2.71. The van der Waals surface area contributed by atoms with Crippen LogP contribution in [-0.2, 0) is 20.9 Å². The van der Waals surface area contributed by atoms with Crippen LogP contribution in [0.25, 0.3) is 0 Å². The Bertz CT molecular complexity index is 1080. The van der Waals surface area contributed by atoms with Crippen molar-refractivity contribution in [2.24, 2.45) is 5.73 Å². The highest BCUT2D eigenvalue weighted by atomic mass is 32.2. The summed E-state index contributed by atoms with van der Waals surface area (Å²) in [5.74, 6) is -1.29. The second kappa shape index (κ2) is 11.6. The number of carbonyl (C=O) groups is 4. The summed E-state index contributed by atoms with van der Waals surface area (Å²) in [4.78, 5) is 48.9. The number of ether oxygens (including phenoxy) is 1. The summed E-state index contributed by atoms with van der Waals surface area (Å²) in [7, 11) is 0. The maximum atomic E-state index is 12.3. The van der Waals surface area contributed by atoms with Gasteiger partial charge in [0.2, 0.25) is 5.91 Å². The normalized spacial score (nSPS) is 19.6. The maximum Gasteiger partial charge on any atom is 0.407 e. The van der Waals surface area contributed by atoms with E-state index >= 15 is 0 Å². The molecule has 11 nitrogen and oxygen atoms in total. The summed E-state index contributed by atoms with van der Waals surface area (Å²) >= 11 is 1.45. The molecule has 12 heteroatoms. The lowest BCUT2D eigenvalue weighted by atomic mass is 10.0. The molecule has 3 rings (SSSR count). The van der Waals surface area contributed by atoms with E-state index in [1.165, 1.54) is 16.7 Å². The lowest BCUT2D eigenvalue weighted by Crippen LogP contribution is -2.68. The van der Waals surface area contributed by atoms with Gasteiger partial charge in [0, 0.05) is 31.0 Å². The molecule has 0 unspecified atom stereocenters. The van der Waals surface area contributed by atoms with Gasteiger partial charge in [0.1, 0.15) is 22.7 Å². The Morgan fingerprint density at radius 1 is 1.25 bits per heavy atom. The summed E-state index contributed by atoms with van der Waals surface area (Å²) in [5, 5.41) is 14.7. The first kappa shape index (κ1) is 27.2. The second-order valence-electron chi connectivity index (χ2n) is 9.34. The molecule has 0 bridgehead atoms. The van der Waals surface area contributed by atoms with Gasteiger partial charge in [-0.1, -0.05) is 6.08 Å². The fourth-order valence-corrected chi connectivity index (χ4v) is 4.88. The minimum Gasteiger partial charge on any atom is -0.477 e. The quantitative estimate of drug-likeness (QED) is 0.212. The third-order valence-corrected chi connectivity index (χ3v) is 6.66. The van der Waals surface area contributed by atoms with Crippen molar-refractivity contribution in [2.75, 3.05) is 18.8 Å². The van der Waals surface area contributed by atoms with E-state index in [0.717, 1.165) is 0 Å². The average molecular weight is 519 g/mol. The minimum atomic E-state index is -1.15. The van der Waals surface area contributed by atoms with Crippen molar-refractivity contribution in [1.82, 2.24) is 15.5 Å². The van der Waals surface area contributed by atoms with Crippen molar-refractivity contribution in [2.45, 2.75) is 50.8 Å². The molecule has 0 radical (unpaired) electrons. The Morgan fingerprint density at radius 3 is 2.56 bits per heavy atom. The van der Waals surface area contributed by atoms with E-state index in [4.69, 9.17) is 10.5 Å². The summed E-state index contributed by atoms with van der Waals surface area (Å²) in [6.07, 6.45) is 7.09. The van der Waals surface area contributed by atoms with E-state index in [-0.39, 0.29) is 22.9 Å². The largest absolute Gasteiger partial charge is 0.477 e. The zero-order chi connectivity index (χ0) is 26.5. The Hall–Kier alpha value is -3.38. The lowest BCUT2D eigenvalue weighted by Gasteiger charge is -2.47. The van der Waals surface area contributed by atoms with Gasteiger partial charge in [-0.25, -0.2) is 14.2 Å². The predicted octanol–water partition coefficient (Wildman–Crippen LogP) is 0.756. The van der Waals surface area contributed by atoms with Crippen LogP contribution in [0, 0.1) is 0 Å². The number of amides is 3. The number of allylic oxidation sites excluding steroid dienone is 2. The topological polar surface area (TPSA) is 155 Å². The molecule has 0 saturated carbocycles. The zero-order valence-corrected chi connectivity index (χ0v) is 21.3. The molecule has 0 aliphatic carbocycles. The molecule has 2 aliphatic heterocycles. The number of pyridine rings is 1. The Balaban J connectivity index is 1.46. The number of aliphatic carboxylic acids is 1. The number of thioether (sulfide) groups is 1. The number of fused-ring (bicyclic) bond motifs is 1. The first-order chi connectivity index (χ1) is 17.0. The van der Waals surface area contributed by atoms with E-state index in [9.17, 15) is 24.3 Å². The van der Waals surface area contributed by atoms with Crippen molar-refractivity contribution in [1.29, 1.82) is 0 Å². The molecular formula is C24H32N5O6S+. The molecule has 3 amide bonds. The zero-order valence-electron chi connectivity index (χ0n) is 20.5. The third-order valence-electron chi connectivity index (χ3n) is 5.34. The Kier molecular flexibility index (Phi) is 8.75. The molecule has 0 spiro atoms. The fourth-order valence-electron chi connectivity index (χ4n) is 3.61. The molecule has 5 N–H and O–H groups in total. The number of nitrogens with zero attached hydrogens (tertiary/aromatic N) is 2. The van der Waals surface area contributed by atoms with Gasteiger partial charge in [-0.3, -0.25) is 14.5 Å². The standard InChI is InChI=1S/C24H31N5O6S/c1-24(2,3)35-23(34)27-10-5-9-26-19(30)15-7-12-28(13-8-15)11-4-6-16-14-36-21-17(25)20(31)29(21)18(16)22(32)33/h4,6-8,12-13,17,21H,5,9-11,14,25H2,1-3H3,(H2-,26,27,30,32,33,34)/p+1/b6-4+/t17-,21-/m1/s1. The van der Waals surface area contributed by atoms with Gasteiger partial charge in [-0.15, -0.1) is 11.8 Å². The number of hydrogen-bond acceptors (Lipinski definition) is 7.